The smallest absolute Gasteiger partial charge is 0.0345 e. The minimum Gasteiger partial charge on any atom is -0.0859 e. The van der Waals surface area contributed by atoms with E-state index in [9.17, 15) is 0 Å². The van der Waals surface area contributed by atoms with Gasteiger partial charge in [0.15, 0.2) is 0 Å². The summed E-state index contributed by atoms with van der Waals surface area (Å²) in [5.74, 6) is 0. The molecule has 2 atom stereocenters. The van der Waals surface area contributed by atoms with Gasteiger partial charge in [-0.25, -0.2) is 0 Å². The van der Waals surface area contributed by atoms with Crippen LogP contribution in [0.3, 0.4) is 0 Å². The molecule has 0 nitrogen and oxygen atoms in total. The number of fused-ring (bicyclic) bond motifs is 2. The monoisotopic (exact) mass is 130 g/mol. The van der Waals surface area contributed by atoms with Gasteiger partial charge in [-0.1, -0.05) is 33.7 Å². The summed E-state index contributed by atoms with van der Waals surface area (Å²) < 4.78 is 0. The van der Waals surface area contributed by atoms with E-state index >= 15 is 0 Å². The SMILES string of the molecule is C1=CC2CC1SS2. The Morgan fingerprint density at radius 2 is 1.71 bits per heavy atom. The maximum atomic E-state index is 2.33. The average molecular weight is 130 g/mol. The van der Waals surface area contributed by atoms with Crippen molar-refractivity contribution >= 4 is 21.6 Å². The lowest BCUT2D eigenvalue weighted by atomic mass is 10.3. The minimum absolute atomic E-state index is 0.870. The molecular weight excluding hydrogens is 124 g/mol. The normalized spacial score (nSPS) is 45.7. The second kappa shape index (κ2) is 1.46. The molecule has 1 aliphatic heterocycles. The molecule has 0 aromatic heterocycles. The van der Waals surface area contributed by atoms with Crippen molar-refractivity contribution in [3.8, 4) is 0 Å². The highest BCUT2D eigenvalue weighted by molar-refractivity contribution is 8.77. The van der Waals surface area contributed by atoms with Gasteiger partial charge in [-0.15, -0.1) is 0 Å². The number of rotatable bonds is 0. The predicted molar refractivity (Wildman–Crippen MR) is 36.5 cm³/mol. The first-order chi connectivity index (χ1) is 3.45. The van der Waals surface area contributed by atoms with E-state index < -0.39 is 0 Å². The summed E-state index contributed by atoms with van der Waals surface area (Å²) in [4.78, 5) is 0. The summed E-state index contributed by atoms with van der Waals surface area (Å²) in [5.41, 5.74) is 0. The zero-order valence-corrected chi connectivity index (χ0v) is 5.47. The Labute approximate surface area is 51.1 Å². The van der Waals surface area contributed by atoms with Gasteiger partial charge >= 0.3 is 0 Å². The highest BCUT2D eigenvalue weighted by Gasteiger charge is 2.27. The van der Waals surface area contributed by atoms with Crippen LogP contribution in [0.5, 0.6) is 0 Å². The van der Waals surface area contributed by atoms with Gasteiger partial charge in [-0.3, -0.25) is 0 Å². The van der Waals surface area contributed by atoms with E-state index in [0.717, 1.165) is 10.5 Å². The highest BCUT2D eigenvalue weighted by atomic mass is 33.1. The third-order valence-electron chi connectivity index (χ3n) is 1.31. The summed E-state index contributed by atoms with van der Waals surface area (Å²) in [5, 5.41) is 1.74. The molecule has 2 bridgehead atoms. The Bertz CT molecular complexity index is 96.6. The molecule has 0 amide bonds. The lowest BCUT2D eigenvalue weighted by Crippen LogP contribution is -1.86. The fourth-order valence-electron chi connectivity index (χ4n) is 0.919. The van der Waals surface area contributed by atoms with Gasteiger partial charge < -0.3 is 0 Å². The van der Waals surface area contributed by atoms with Gasteiger partial charge in [0, 0.05) is 10.5 Å². The zero-order chi connectivity index (χ0) is 4.69. The molecule has 2 unspecified atom stereocenters. The van der Waals surface area contributed by atoms with Crippen LogP contribution in [-0.4, -0.2) is 10.5 Å². The molecule has 2 heteroatoms. The first kappa shape index (κ1) is 4.33. The lowest BCUT2D eigenvalue weighted by Gasteiger charge is -1.96. The molecule has 2 rings (SSSR count). The second-order valence-corrected chi connectivity index (χ2v) is 4.64. The summed E-state index contributed by atoms with van der Waals surface area (Å²) in [6, 6.07) is 0. The molecule has 1 aliphatic carbocycles. The van der Waals surface area contributed by atoms with E-state index in [-0.39, 0.29) is 0 Å². The molecule has 0 saturated carbocycles. The Morgan fingerprint density at radius 1 is 1.14 bits per heavy atom. The van der Waals surface area contributed by atoms with Crippen LogP contribution in [0.25, 0.3) is 0 Å². The van der Waals surface area contributed by atoms with E-state index in [1.165, 1.54) is 6.42 Å². The fraction of sp³-hybridized carbons (Fsp3) is 0.600. The van der Waals surface area contributed by atoms with Gasteiger partial charge in [0.05, 0.1) is 0 Å². The fourth-order valence-corrected chi connectivity index (χ4v) is 3.92. The second-order valence-electron chi connectivity index (χ2n) is 1.89. The first-order valence-corrected chi connectivity index (χ1v) is 4.73. The van der Waals surface area contributed by atoms with E-state index in [1.807, 2.05) is 21.6 Å². The van der Waals surface area contributed by atoms with E-state index in [4.69, 9.17) is 0 Å². The average Bonchev–Trinajstić information content (AvgIpc) is 2.22. The van der Waals surface area contributed by atoms with Crippen LogP contribution in [0.2, 0.25) is 0 Å². The van der Waals surface area contributed by atoms with Crippen molar-refractivity contribution < 1.29 is 0 Å². The van der Waals surface area contributed by atoms with Gasteiger partial charge in [0.2, 0.25) is 0 Å². The minimum atomic E-state index is 0.870. The van der Waals surface area contributed by atoms with Crippen LogP contribution in [-0.2, 0) is 0 Å². The maximum Gasteiger partial charge on any atom is 0.0345 e. The quantitative estimate of drug-likeness (QED) is 0.364. The van der Waals surface area contributed by atoms with E-state index in [2.05, 4.69) is 12.2 Å². The third-order valence-corrected chi connectivity index (χ3v) is 4.43. The molecule has 1 saturated heterocycles. The van der Waals surface area contributed by atoms with Crippen LogP contribution >= 0.6 is 21.6 Å². The van der Waals surface area contributed by atoms with Crippen molar-refractivity contribution in [2.45, 2.75) is 16.9 Å². The van der Waals surface area contributed by atoms with Crippen molar-refractivity contribution in [1.29, 1.82) is 0 Å². The lowest BCUT2D eigenvalue weighted by molar-refractivity contribution is 0.980. The Hall–Kier alpha value is 0.440. The molecule has 0 N–H and O–H groups in total. The van der Waals surface area contributed by atoms with Gasteiger partial charge in [-0.2, -0.15) is 0 Å². The Balaban J connectivity index is 2.27. The predicted octanol–water partition coefficient (Wildman–Crippen LogP) is 2.08. The molecular formula is C5H6S2. The summed E-state index contributed by atoms with van der Waals surface area (Å²) in [6.45, 7) is 0. The highest BCUT2D eigenvalue weighted by Crippen LogP contribution is 2.48. The first-order valence-electron chi connectivity index (χ1n) is 2.45. The van der Waals surface area contributed by atoms with Crippen LogP contribution < -0.4 is 0 Å². The van der Waals surface area contributed by atoms with Gasteiger partial charge in [0.1, 0.15) is 0 Å². The van der Waals surface area contributed by atoms with Crippen LogP contribution in [0.15, 0.2) is 12.2 Å². The Kier molecular flexibility index (Phi) is 0.901. The standard InChI is InChI=1S/C5H6S2/c1-2-5-3-4(1)6-7-5/h1-2,4-5H,3H2. The summed E-state index contributed by atoms with van der Waals surface area (Å²) >= 11 is 0. The molecule has 7 heavy (non-hydrogen) atoms. The van der Waals surface area contributed by atoms with Crippen molar-refractivity contribution in [1.82, 2.24) is 0 Å². The molecule has 1 fully saturated rings. The molecule has 0 aromatic carbocycles. The topological polar surface area (TPSA) is 0 Å². The maximum absolute atomic E-state index is 2.33. The van der Waals surface area contributed by atoms with Gasteiger partial charge in [0.25, 0.3) is 0 Å². The molecule has 0 radical (unpaired) electrons. The molecule has 38 valence electrons. The summed E-state index contributed by atoms with van der Waals surface area (Å²) in [7, 11) is 4.04. The van der Waals surface area contributed by atoms with Crippen LogP contribution in [0.1, 0.15) is 6.42 Å². The van der Waals surface area contributed by atoms with Crippen LogP contribution in [0, 0.1) is 0 Å². The van der Waals surface area contributed by atoms with Crippen molar-refractivity contribution in [2.75, 3.05) is 0 Å². The van der Waals surface area contributed by atoms with E-state index in [1.54, 1.807) is 0 Å². The van der Waals surface area contributed by atoms with Crippen molar-refractivity contribution in [2.24, 2.45) is 0 Å². The Morgan fingerprint density at radius 3 is 1.86 bits per heavy atom. The number of hydrogen-bond donors (Lipinski definition) is 0. The van der Waals surface area contributed by atoms with Crippen molar-refractivity contribution in [3.05, 3.63) is 12.2 Å². The largest absolute Gasteiger partial charge is 0.0859 e. The molecule has 1 heterocycles. The molecule has 2 aliphatic rings. The number of hydrogen-bond acceptors (Lipinski definition) is 2. The molecule has 0 spiro atoms. The zero-order valence-electron chi connectivity index (χ0n) is 3.83. The molecule has 0 aromatic rings. The van der Waals surface area contributed by atoms with E-state index in [0.29, 0.717) is 0 Å². The van der Waals surface area contributed by atoms with Crippen molar-refractivity contribution in [3.63, 3.8) is 0 Å². The van der Waals surface area contributed by atoms with Crippen LogP contribution in [0.4, 0.5) is 0 Å². The van der Waals surface area contributed by atoms with Gasteiger partial charge in [-0.05, 0) is 6.42 Å². The summed E-state index contributed by atoms with van der Waals surface area (Å²) in [6.07, 6.45) is 6.05. The third kappa shape index (κ3) is 0.609.